The molecule has 3 heteroatoms. The average molecular weight is 203 g/mol. The number of ether oxygens (including phenoxy) is 1. The van der Waals surface area contributed by atoms with Gasteiger partial charge in [-0.05, 0) is 25.1 Å². The van der Waals surface area contributed by atoms with Crippen LogP contribution >= 0.6 is 0 Å². The number of benzene rings is 1. The largest absolute Gasteiger partial charge is 0.429 e. The molecule has 3 nitrogen and oxygen atoms in total. The van der Waals surface area contributed by atoms with Crippen LogP contribution in [0.4, 0.5) is 0 Å². The monoisotopic (exact) mass is 203 g/mol. The lowest BCUT2D eigenvalue weighted by Crippen LogP contribution is -1.92. The van der Waals surface area contributed by atoms with E-state index in [1.807, 2.05) is 37.3 Å². The summed E-state index contributed by atoms with van der Waals surface area (Å²) in [5.74, 6) is 1.95. The van der Waals surface area contributed by atoms with E-state index in [0.29, 0.717) is 12.5 Å². The molecule has 0 radical (unpaired) electrons. The van der Waals surface area contributed by atoms with Crippen LogP contribution in [-0.4, -0.2) is 0 Å². The van der Waals surface area contributed by atoms with Crippen LogP contribution in [0, 0.1) is 6.92 Å². The fourth-order valence-corrected chi connectivity index (χ4v) is 1.25. The third kappa shape index (κ3) is 2.39. The minimum absolute atomic E-state index is 0.386. The highest BCUT2D eigenvalue weighted by Crippen LogP contribution is 2.23. The number of furan rings is 1. The smallest absolute Gasteiger partial charge is 0.290 e. The van der Waals surface area contributed by atoms with Gasteiger partial charge in [0.15, 0.2) is 0 Å². The summed E-state index contributed by atoms with van der Waals surface area (Å²) in [5, 5.41) is 0. The highest BCUT2D eigenvalue weighted by molar-refractivity contribution is 5.29. The molecule has 2 rings (SSSR count). The van der Waals surface area contributed by atoms with E-state index >= 15 is 0 Å². The highest BCUT2D eigenvalue weighted by Gasteiger charge is 2.02. The molecular weight excluding hydrogens is 190 g/mol. The van der Waals surface area contributed by atoms with Gasteiger partial charge in [-0.25, -0.2) is 0 Å². The van der Waals surface area contributed by atoms with Crippen molar-refractivity contribution in [1.29, 1.82) is 0 Å². The van der Waals surface area contributed by atoms with Crippen LogP contribution in [0.25, 0.3) is 0 Å². The van der Waals surface area contributed by atoms with Crippen LogP contribution in [0.15, 0.2) is 40.8 Å². The van der Waals surface area contributed by atoms with Crippen LogP contribution in [0.5, 0.6) is 11.7 Å². The van der Waals surface area contributed by atoms with Gasteiger partial charge in [-0.1, -0.05) is 17.7 Å². The Hall–Kier alpha value is -1.74. The van der Waals surface area contributed by atoms with Gasteiger partial charge in [0.25, 0.3) is 5.95 Å². The van der Waals surface area contributed by atoms with E-state index in [1.165, 1.54) is 5.56 Å². The van der Waals surface area contributed by atoms with Crippen molar-refractivity contribution in [3.8, 4) is 11.7 Å². The van der Waals surface area contributed by atoms with Crippen LogP contribution in [0.3, 0.4) is 0 Å². The van der Waals surface area contributed by atoms with Crippen LogP contribution in [-0.2, 0) is 6.54 Å². The molecule has 0 aliphatic carbocycles. The van der Waals surface area contributed by atoms with Crippen molar-refractivity contribution in [2.45, 2.75) is 13.5 Å². The molecule has 0 unspecified atom stereocenters. The first-order chi connectivity index (χ1) is 7.28. The Labute approximate surface area is 88.5 Å². The Bertz CT molecular complexity index is 431. The zero-order valence-electron chi connectivity index (χ0n) is 8.57. The lowest BCUT2D eigenvalue weighted by atomic mass is 10.2. The summed E-state index contributed by atoms with van der Waals surface area (Å²) in [6.07, 6.45) is 0. The van der Waals surface area contributed by atoms with Gasteiger partial charge in [-0.3, -0.25) is 0 Å². The topological polar surface area (TPSA) is 48.4 Å². The van der Waals surface area contributed by atoms with Crippen molar-refractivity contribution >= 4 is 0 Å². The maximum absolute atomic E-state index is 5.49. The molecule has 78 valence electrons. The maximum atomic E-state index is 5.49. The lowest BCUT2D eigenvalue weighted by Gasteiger charge is -2.01. The fraction of sp³-hybridized carbons (Fsp3) is 0.167. The first-order valence-corrected chi connectivity index (χ1v) is 4.81. The maximum Gasteiger partial charge on any atom is 0.290 e. The molecular formula is C12H13NO2. The van der Waals surface area contributed by atoms with Crippen molar-refractivity contribution in [2.75, 3.05) is 0 Å². The molecule has 1 aromatic carbocycles. The number of nitrogens with two attached hydrogens (primary N) is 1. The summed E-state index contributed by atoms with van der Waals surface area (Å²) in [5.41, 5.74) is 6.63. The van der Waals surface area contributed by atoms with Crippen molar-refractivity contribution in [2.24, 2.45) is 5.73 Å². The van der Waals surface area contributed by atoms with E-state index in [4.69, 9.17) is 14.9 Å². The summed E-state index contributed by atoms with van der Waals surface area (Å²) >= 11 is 0. The molecule has 0 saturated carbocycles. The van der Waals surface area contributed by atoms with Gasteiger partial charge in [-0.15, -0.1) is 0 Å². The second kappa shape index (κ2) is 4.19. The van der Waals surface area contributed by atoms with Crippen LogP contribution < -0.4 is 10.5 Å². The first-order valence-electron chi connectivity index (χ1n) is 4.81. The Balaban J connectivity index is 2.11. The molecule has 2 N–H and O–H groups in total. The van der Waals surface area contributed by atoms with Gasteiger partial charge in [-0.2, -0.15) is 0 Å². The summed E-state index contributed by atoms with van der Waals surface area (Å²) in [6.45, 7) is 2.42. The Morgan fingerprint density at radius 1 is 1.13 bits per heavy atom. The second-order valence-corrected chi connectivity index (χ2v) is 3.34. The minimum Gasteiger partial charge on any atom is -0.429 e. The number of hydrogen-bond acceptors (Lipinski definition) is 3. The van der Waals surface area contributed by atoms with Gasteiger partial charge in [0.05, 0.1) is 6.54 Å². The van der Waals surface area contributed by atoms with Gasteiger partial charge in [0.2, 0.25) is 0 Å². The van der Waals surface area contributed by atoms with Gasteiger partial charge >= 0.3 is 0 Å². The Morgan fingerprint density at radius 2 is 1.87 bits per heavy atom. The number of rotatable bonds is 3. The second-order valence-electron chi connectivity index (χ2n) is 3.34. The molecule has 15 heavy (non-hydrogen) atoms. The number of hydrogen-bond donors (Lipinski definition) is 1. The predicted octanol–water partition coefficient (Wildman–Crippen LogP) is 2.84. The standard InChI is InChI=1S/C12H13NO2/c1-9-2-4-10(5-3-9)14-12-7-6-11(8-13)15-12/h2-7H,8,13H2,1H3. The van der Waals surface area contributed by atoms with E-state index in [2.05, 4.69) is 0 Å². The van der Waals surface area contributed by atoms with Gasteiger partial charge < -0.3 is 14.9 Å². The van der Waals surface area contributed by atoms with Crippen molar-refractivity contribution < 1.29 is 9.15 Å². The van der Waals surface area contributed by atoms with Gasteiger partial charge in [0, 0.05) is 6.07 Å². The molecule has 0 bridgehead atoms. The van der Waals surface area contributed by atoms with E-state index in [-0.39, 0.29) is 0 Å². The summed E-state index contributed by atoms with van der Waals surface area (Å²) in [6, 6.07) is 11.4. The predicted molar refractivity (Wildman–Crippen MR) is 57.9 cm³/mol. The molecule has 1 heterocycles. The van der Waals surface area contributed by atoms with Crippen LogP contribution in [0.1, 0.15) is 11.3 Å². The molecule has 2 aromatic rings. The zero-order chi connectivity index (χ0) is 10.7. The SMILES string of the molecule is Cc1ccc(Oc2ccc(CN)o2)cc1. The van der Waals surface area contributed by atoms with Crippen molar-refractivity contribution in [3.63, 3.8) is 0 Å². The van der Waals surface area contributed by atoms with E-state index in [9.17, 15) is 0 Å². The molecule has 1 aromatic heterocycles. The summed E-state index contributed by atoms with van der Waals surface area (Å²) in [7, 11) is 0. The summed E-state index contributed by atoms with van der Waals surface area (Å²) in [4.78, 5) is 0. The van der Waals surface area contributed by atoms with Gasteiger partial charge in [0.1, 0.15) is 11.5 Å². The average Bonchev–Trinajstić information content (AvgIpc) is 2.69. The molecule has 0 aliphatic rings. The Kier molecular flexibility index (Phi) is 2.74. The van der Waals surface area contributed by atoms with E-state index in [1.54, 1.807) is 6.07 Å². The molecule has 0 spiro atoms. The van der Waals surface area contributed by atoms with E-state index in [0.717, 1.165) is 11.5 Å². The lowest BCUT2D eigenvalue weighted by molar-refractivity contribution is 0.333. The minimum atomic E-state index is 0.386. The van der Waals surface area contributed by atoms with Crippen molar-refractivity contribution in [3.05, 3.63) is 47.7 Å². The zero-order valence-corrected chi connectivity index (χ0v) is 8.57. The number of aryl methyl sites for hydroxylation is 1. The molecule has 0 aliphatic heterocycles. The van der Waals surface area contributed by atoms with E-state index < -0.39 is 0 Å². The summed E-state index contributed by atoms with van der Waals surface area (Å²) < 4.78 is 10.8. The highest BCUT2D eigenvalue weighted by atomic mass is 16.6. The quantitative estimate of drug-likeness (QED) is 0.834. The van der Waals surface area contributed by atoms with Crippen molar-refractivity contribution in [1.82, 2.24) is 0 Å². The van der Waals surface area contributed by atoms with Crippen LogP contribution in [0.2, 0.25) is 0 Å². The Morgan fingerprint density at radius 3 is 2.47 bits per heavy atom. The third-order valence-electron chi connectivity index (χ3n) is 2.08. The molecule has 0 amide bonds. The molecule has 0 atom stereocenters. The third-order valence-corrected chi connectivity index (χ3v) is 2.08. The normalized spacial score (nSPS) is 10.3. The molecule has 0 fully saturated rings. The fourth-order valence-electron chi connectivity index (χ4n) is 1.25. The molecule has 0 saturated heterocycles. The first kappa shape index (κ1) is 9.80.